The van der Waals surface area contributed by atoms with E-state index < -0.39 is 0 Å². The summed E-state index contributed by atoms with van der Waals surface area (Å²) in [5.41, 5.74) is 0.810. The van der Waals surface area contributed by atoms with Gasteiger partial charge in [-0.2, -0.15) is 0 Å². The van der Waals surface area contributed by atoms with Gasteiger partial charge in [0.1, 0.15) is 5.58 Å². The molecule has 2 aromatic rings. The number of benzene rings is 1. The molecular formula is C8H4BrClO. The first kappa shape index (κ1) is 7.19. The second-order valence-electron chi connectivity index (χ2n) is 2.20. The fraction of sp³-hybridized carbons (Fsp3) is 0. The van der Waals surface area contributed by atoms with E-state index >= 15 is 0 Å². The van der Waals surface area contributed by atoms with Gasteiger partial charge in [-0.05, 0) is 28.1 Å². The predicted molar refractivity (Wildman–Crippen MR) is 48.9 cm³/mol. The lowest BCUT2D eigenvalue weighted by atomic mass is 10.3. The fourth-order valence-corrected chi connectivity index (χ4v) is 1.62. The Balaban J connectivity index is 2.90. The molecule has 0 unspecified atom stereocenters. The molecule has 1 aromatic heterocycles. The molecule has 1 nitrogen and oxygen atoms in total. The van der Waals surface area contributed by atoms with E-state index in [4.69, 9.17) is 16.0 Å². The SMILES string of the molecule is Clc1cccc2oc(Br)cc12. The van der Waals surface area contributed by atoms with Crippen molar-refractivity contribution in [2.45, 2.75) is 0 Å². The highest BCUT2D eigenvalue weighted by Crippen LogP contribution is 2.28. The third-order valence-electron chi connectivity index (χ3n) is 1.48. The molecule has 1 heterocycles. The van der Waals surface area contributed by atoms with E-state index in [1.54, 1.807) is 0 Å². The number of hydrogen-bond acceptors (Lipinski definition) is 1. The highest BCUT2D eigenvalue weighted by Gasteiger charge is 2.02. The minimum Gasteiger partial charge on any atom is -0.449 e. The van der Waals surface area contributed by atoms with Gasteiger partial charge in [-0.3, -0.25) is 0 Å². The van der Waals surface area contributed by atoms with Gasteiger partial charge in [0.2, 0.25) is 0 Å². The average molecular weight is 231 g/mol. The Morgan fingerprint density at radius 1 is 1.36 bits per heavy atom. The van der Waals surface area contributed by atoms with Crippen LogP contribution in [-0.4, -0.2) is 0 Å². The van der Waals surface area contributed by atoms with E-state index in [1.165, 1.54) is 0 Å². The predicted octanol–water partition coefficient (Wildman–Crippen LogP) is 3.85. The van der Waals surface area contributed by atoms with Crippen LogP contribution >= 0.6 is 27.5 Å². The van der Waals surface area contributed by atoms with Crippen LogP contribution in [0.5, 0.6) is 0 Å². The maximum absolute atomic E-state index is 5.89. The minimum atomic E-state index is 0.709. The molecule has 0 aliphatic heterocycles. The van der Waals surface area contributed by atoms with Gasteiger partial charge < -0.3 is 4.42 Å². The Morgan fingerprint density at radius 3 is 2.91 bits per heavy atom. The first-order valence-corrected chi connectivity index (χ1v) is 4.28. The summed E-state index contributed by atoms with van der Waals surface area (Å²) in [7, 11) is 0. The quantitative estimate of drug-likeness (QED) is 0.671. The molecule has 0 aliphatic carbocycles. The highest BCUT2D eigenvalue weighted by molar-refractivity contribution is 9.10. The van der Waals surface area contributed by atoms with E-state index in [2.05, 4.69) is 15.9 Å². The molecule has 0 radical (unpaired) electrons. The Morgan fingerprint density at radius 2 is 2.18 bits per heavy atom. The number of halogens is 2. The summed E-state index contributed by atoms with van der Waals surface area (Å²) in [4.78, 5) is 0. The first-order valence-electron chi connectivity index (χ1n) is 3.11. The summed E-state index contributed by atoms with van der Waals surface area (Å²) in [6.45, 7) is 0. The minimum absolute atomic E-state index is 0.709. The Labute approximate surface area is 77.1 Å². The molecule has 0 bridgehead atoms. The van der Waals surface area contributed by atoms with Crippen molar-refractivity contribution in [3.63, 3.8) is 0 Å². The lowest BCUT2D eigenvalue weighted by molar-refractivity contribution is 0.587. The van der Waals surface area contributed by atoms with Crippen LogP contribution < -0.4 is 0 Å². The van der Waals surface area contributed by atoms with Crippen molar-refractivity contribution in [1.82, 2.24) is 0 Å². The topological polar surface area (TPSA) is 13.1 Å². The maximum Gasteiger partial charge on any atom is 0.170 e. The molecule has 0 amide bonds. The summed E-state index contributed by atoms with van der Waals surface area (Å²) in [5.74, 6) is 0. The van der Waals surface area contributed by atoms with Crippen molar-refractivity contribution in [1.29, 1.82) is 0 Å². The summed E-state index contributed by atoms with van der Waals surface area (Å²) in [6.07, 6.45) is 0. The number of hydrogen-bond donors (Lipinski definition) is 0. The van der Waals surface area contributed by atoms with Crippen LogP contribution in [0.15, 0.2) is 33.4 Å². The standard InChI is InChI=1S/C8H4BrClO/c9-8-4-5-6(10)2-1-3-7(5)11-8/h1-4H. The van der Waals surface area contributed by atoms with Crippen LogP contribution in [0.1, 0.15) is 0 Å². The number of furan rings is 1. The Hall–Kier alpha value is -0.470. The largest absolute Gasteiger partial charge is 0.449 e. The first-order chi connectivity index (χ1) is 5.27. The highest BCUT2D eigenvalue weighted by atomic mass is 79.9. The monoisotopic (exact) mass is 230 g/mol. The number of rotatable bonds is 0. The van der Waals surface area contributed by atoms with Crippen molar-refractivity contribution in [3.05, 3.63) is 34.0 Å². The smallest absolute Gasteiger partial charge is 0.170 e. The van der Waals surface area contributed by atoms with E-state index in [-0.39, 0.29) is 0 Å². The maximum atomic E-state index is 5.89. The molecule has 3 heteroatoms. The van der Waals surface area contributed by atoms with Crippen LogP contribution in [-0.2, 0) is 0 Å². The molecule has 0 atom stereocenters. The van der Waals surface area contributed by atoms with Crippen molar-refractivity contribution < 1.29 is 4.42 Å². The molecule has 0 aliphatic rings. The van der Waals surface area contributed by atoms with Gasteiger partial charge in [0.25, 0.3) is 0 Å². The van der Waals surface area contributed by atoms with Crippen molar-refractivity contribution in [2.75, 3.05) is 0 Å². The van der Waals surface area contributed by atoms with Gasteiger partial charge in [-0.15, -0.1) is 0 Å². The second kappa shape index (κ2) is 2.54. The van der Waals surface area contributed by atoms with Gasteiger partial charge in [0.05, 0.1) is 5.02 Å². The van der Waals surface area contributed by atoms with Crippen LogP contribution in [0, 0.1) is 0 Å². The van der Waals surface area contributed by atoms with E-state index in [9.17, 15) is 0 Å². The molecule has 1 aromatic carbocycles. The van der Waals surface area contributed by atoms with Gasteiger partial charge in [0, 0.05) is 11.5 Å². The van der Waals surface area contributed by atoms with Crippen molar-refractivity contribution in [2.24, 2.45) is 0 Å². The molecular weight excluding hydrogens is 227 g/mol. The van der Waals surface area contributed by atoms with Crippen LogP contribution in [0.25, 0.3) is 11.0 Å². The summed E-state index contributed by atoms with van der Waals surface area (Å²) < 4.78 is 5.99. The molecule has 56 valence electrons. The summed E-state index contributed by atoms with van der Waals surface area (Å²) in [6, 6.07) is 7.44. The van der Waals surface area contributed by atoms with Gasteiger partial charge in [-0.1, -0.05) is 17.7 Å². The number of fused-ring (bicyclic) bond motifs is 1. The molecule has 0 spiro atoms. The molecule has 0 N–H and O–H groups in total. The third kappa shape index (κ3) is 1.17. The zero-order valence-electron chi connectivity index (χ0n) is 5.47. The van der Waals surface area contributed by atoms with Gasteiger partial charge >= 0.3 is 0 Å². The van der Waals surface area contributed by atoms with E-state index in [1.807, 2.05) is 24.3 Å². The summed E-state index contributed by atoms with van der Waals surface area (Å²) in [5, 5.41) is 1.66. The van der Waals surface area contributed by atoms with Gasteiger partial charge in [-0.25, -0.2) is 0 Å². The Kier molecular flexibility index (Phi) is 1.66. The van der Waals surface area contributed by atoms with Gasteiger partial charge in [0.15, 0.2) is 4.67 Å². The lowest BCUT2D eigenvalue weighted by Gasteiger charge is -1.88. The fourth-order valence-electron chi connectivity index (χ4n) is 0.994. The zero-order chi connectivity index (χ0) is 7.84. The van der Waals surface area contributed by atoms with Crippen LogP contribution in [0.4, 0.5) is 0 Å². The third-order valence-corrected chi connectivity index (χ3v) is 2.20. The summed E-state index contributed by atoms with van der Waals surface area (Å²) >= 11 is 9.12. The van der Waals surface area contributed by atoms with Crippen molar-refractivity contribution in [3.8, 4) is 0 Å². The van der Waals surface area contributed by atoms with E-state index in [0.717, 1.165) is 16.0 Å². The second-order valence-corrected chi connectivity index (χ2v) is 3.39. The zero-order valence-corrected chi connectivity index (χ0v) is 7.82. The Bertz CT molecular complexity index is 394. The normalized spacial score (nSPS) is 10.7. The van der Waals surface area contributed by atoms with Crippen LogP contribution in [0.2, 0.25) is 5.02 Å². The van der Waals surface area contributed by atoms with Crippen molar-refractivity contribution >= 4 is 38.5 Å². The molecule has 0 saturated heterocycles. The average Bonchev–Trinajstić information content (AvgIpc) is 2.31. The molecule has 0 saturated carbocycles. The molecule has 2 rings (SSSR count). The van der Waals surface area contributed by atoms with E-state index in [0.29, 0.717) is 4.67 Å². The lowest BCUT2D eigenvalue weighted by Crippen LogP contribution is -1.63. The van der Waals surface area contributed by atoms with Crippen LogP contribution in [0.3, 0.4) is 0 Å². The molecule has 0 fully saturated rings. The molecule has 11 heavy (non-hydrogen) atoms.